The molecule has 0 saturated carbocycles. The van der Waals surface area contributed by atoms with Gasteiger partial charge in [0, 0.05) is 0 Å². The molecule has 2 nitrogen and oxygen atoms in total. The minimum atomic E-state index is -0.550. The van der Waals surface area contributed by atoms with Crippen LogP contribution < -0.4 is 0 Å². The van der Waals surface area contributed by atoms with Gasteiger partial charge in [0.15, 0.2) is 0 Å². The number of hydrogen-bond donors (Lipinski definition) is 2. The Hall–Kier alpha value is -0.0800. The van der Waals surface area contributed by atoms with Crippen molar-refractivity contribution in [2.75, 3.05) is 6.61 Å². The van der Waals surface area contributed by atoms with Gasteiger partial charge in [-0.3, -0.25) is 0 Å². The summed E-state index contributed by atoms with van der Waals surface area (Å²) in [6, 6.07) is 0. The van der Waals surface area contributed by atoms with Crippen LogP contribution in [0.1, 0.15) is 59.8 Å². The largest absolute Gasteiger partial charge is 0.394 e. The van der Waals surface area contributed by atoms with Crippen LogP contribution in [0, 0.1) is 11.3 Å². The van der Waals surface area contributed by atoms with Gasteiger partial charge in [0.2, 0.25) is 0 Å². The molecule has 0 aliphatic carbocycles. The number of aliphatic hydroxyl groups is 2. The van der Waals surface area contributed by atoms with Crippen LogP contribution in [0.3, 0.4) is 0 Å². The molecule has 1 unspecified atom stereocenters. The maximum absolute atomic E-state index is 9.65. The predicted octanol–water partition coefficient (Wildman–Crippen LogP) is 2.97. The van der Waals surface area contributed by atoms with Gasteiger partial charge in [-0.05, 0) is 17.8 Å². The zero-order valence-corrected chi connectivity index (χ0v) is 10.8. The monoisotopic (exact) mass is 216 g/mol. The second-order valence-corrected chi connectivity index (χ2v) is 4.62. The first-order valence-corrected chi connectivity index (χ1v) is 6.39. The van der Waals surface area contributed by atoms with Crippen molar-refractivity contribution in [3.8, 4) is 0 Å². The van der Waals surface area contributed by atoms with Gasteiger partial charge in [-0.25, -0.2) is 0 Å². The molecule has 0 bridgehead atoms. The molecule has 92 valence electrons. The van der Waals surface area contributed by atoms with Crippen LogP contribution >= 0.6 is 0 Å². The number of aliphatic hydroxyl groups excluding tert-OH is 2. The predicted molar refractivity (Wildman–Crippen MR) is 64.8 cm³/mol. The minimum absolute atomic E-state index is 0.109. The Labute approximate surface area is 94.7 Å². The summed E-state index contributed by atoms with van der Waals surface area (Å²) in [6.45, 7) is 8.73. The fourth-order valence-corrected chi connectivity index (χ4v) is 2.97. The third-order valence-corrected chi connectivity index (χ3v) is 4.11. The zero-order valence-electron chi connectivity index (χ0n) is 10.8. The minimum Gasteiger partial charge on any atom is -0.394 e. The maximum atomic E-state index is 9.65. The summed E-state index contributed by atoms with van der Waals surface area (Å²) in [6.07, 6.45) is 4.69. The lowest BCUT2D eigenvalue weighted by atomic mass is 9.66. The van der Waals surface area contributed by atoms with Crippen molar-refractivity contribution in [1.29, 1.82) is 0 Å². The maximum Gasteiger partial charge on any atom is 0.0776 e. The third-order valence-electron chi connectivity index (χ3n) is 4.11. The lowest BCUT2D eigenvalue weighted by Gasteiger charge is -2.40. The lowest BCUT2D eigenvalue weighted by molar-refractivity contribution is 0.0128. The zero-order chi connectivity index (χ0) is 11.9. The highest BCUT2D eigenvalue weighted by Crippen LogP contribution is 2.43. The molecular formula is C13H28O2. The highest BCUT2D eigenvalue weighted by molar-refractivity contribution is 4.85. The Morgan fingerprint density at radius 3 is 1.73 bits per heavy atom. The molecule has 0 spiro atoms. The van der Waals surface area contributed by atoms with Gasteiger partial charge in [-0.15, -0.1) is 0 Å². The van der Waals surface area contributed by atoms with E-state index in [1.54, 1.807) is 0 Å². The highest BCUT2D eigenvalue weighted by Gasteiger charge is 2.35. The van der Waals surface area contributed by atoms with Gasteiger partial charge in [0.1, 0.15) is 0 Å². The quantitative estimate of drug-likeness (QED) is 0.655. The van der Waals surface area contributed by atoms with Crippen LogP contribution in [-0.2, 0) is 0 Å². The molecule has 2 N–H and O–H groups in total. The molecule has 0 radical (unpaired) electrons. The number of rotatable bonds is 8. The van der Waals surface area contributed by atoms with E-state index in [0.29, 0.717) is 5.92 Å². The van der Waals surface area contributed by atoms with Crippen molar-refractivity contribution in [2.24, 2.45) is 11.3 Å². The summed E-state index contributed by atoms with van der Waals surface area (Å²) in [5.74, 6) is 0.661. The fourth-order valence-electron chi connectivity index (χ4n) is 2.97. The van der Waals surface area contributed by atoms with Crippen molar-refractivity contribution in [2.45, 2.75) is 65.9 Å². The summed E-state index contributed by atoms with van der Waals surface area (Å²) in [5.41, 5.74) is 0.214. The van der Waals surface area contributed by atoms with Crippen molar-refractivity contribution in [1.82, 2.24) is 0 Å². The van der Waals surface area contributed by atoms with E-state index in [4.69, 9.17) is 5.11 Å². The second kappa shape index (κ2) is 7.24. The van der Waals surface area contributed by atoms with Crippen LogP contribution in [-0.4, -0.2) is 22.9 Å². The molecule has 0 aliphatic heterocycles. The second-order valence-electron chi connectivity index (χ2n) is 4.62. The Balaban J connectivity index is 4.68. The molecule has 0 aromatic carbocycles. The molecule has 0 aromatic heterocycles. The SMILES string of the molecule is CCC(CC)C(CC)(CC)CC(O)CO. The van der Waals surface area contributed by atoms with E-state index in [2.05, 4.69) is 27.7 Å². The molecule has 0 saturated heterocycles. The van der Waals surface area contributed by atoms with Crippen molar-refractivity contribution < 1.29 is 10.2 Å². The van der Waals surface area contributed by atoms with Gasteiger partial charge in [-0.1, -0.05) is 53.4 Å². The Morgan fingerprint density at radius 1 is 1.00 bits per heavy atom. The average Bonchev–Trinajstić information content (AvgIpc) is 2.28. The normalized spacial score (nSPS) is 14.6. The summed E-state index contributed by atoms with van der Waals surface area (Å²) in [7, 11) is 0. The van der Waals surface area contributed by atoms with E-state index in [1.807, 2.05) is 0 Å². The molecule has 0 fully saturated rings. The molecule has 2 heteroatoms. The molecule has 15 heavy (non-hydrogen) atoms. The molecule has 0 rings (SSSR count). The van der Waals surface area contributed by atoms with E-state index in [-0.39, 0.29) is 12.0 Å². The Bertz CT molecular complexity index is 149. The average molecular weight is 216 g/mol. The summed E-state index contributed by atoms with van der Waals surface area (Å²) in [4.78, 5) is 0. The van der Waals surface area contributed by atoms with Gasteiger partial charge < -0.3 is 10.2 Å². The van der Waals surface area contributed by atoms with Crippen LogP contribution in [0.5, 0.6) is 0 Å². The first-order valence-electron chi connectivity index (χ1n) is 6.39. The first-order chi connectivity index (χ1) is 7.10. The molecule has 0 amide bonds. The highest BCUT2D eigenvalue weighted by atomic mass is 16.3. The van der Waals surface area contributed by atoms with E-state index in [1.165, 1.54) is 0 Å². The van der Waals surface area contributed by atoms with E-state index in [9.17, 15) is 5.11 Å². The molecular weight excluding hydrogens is 188 g/mol. The van der Waals surface area contributed by atoms with E-state index < -0.39 is 6.10 Å². The lowest BCUT2D eigenvalue weighted by Crippen LogP contribution is -2.34. The summed E-state index contributed by atoms with van der Waals surface area (Å²) in [5, 5.41) is 18.6. The van der Waals surface area contributed by atoms with Gasteiger partial charge >= 0.3 is 0 Å². The van der Waals surface area contributed by atoms with Crippen molar-refractivity contribution in [3.63, 3.8) is 0 Å². The van der Waals surface area contributed by atoms with Crippen LogP contribution in [0.4, 0.5) is 0 Å². The molecule has 0 aromatic rings. The summed E-state index contributed by atoms with van der Waals surface area (Å²) < 4.78 is 0. The van der Waals surface area contributed by atoms with Crippen molar-refractivity contribution in [3.05, 3.63) is 0 Å². The Kier molecular flexibility index (Phi) is 7.20. The fraction of sp³-hybridized carbons (Fsp3) is 1.00. The van der Waals surface area contributed by atoms with Crippen LogP contribution in [0.15, 0.2) is 0 Å². The van der Waals surface area contributed by atoms with Crippen LogP contribution in [0.25, 0.3) is 0 Å². The standard InChI is InChI=1S/C13H28O2/c1-5-11(6-2)13(7-3,8-4)9-12(15)10-14/h11-12,14-15H,5-10H2,1-4H3. The smallest absolute Gasteiger partial charge is 0.0776 e. The topological polar surface area (TPSA) is 40.5 Å². The van der Waals surface area contributed by atoms with E-state index >= 15 is 0 Å². The summed E-state index contributed by atoms with van der Waals surface area (Å²) >= 11 is 0. The van der Waals surface area contributed by atoms with Gasteiger partial charge in [0.25, 0.3) is 0 Å². The third kappa shape index (κ3) is 3.76. The first kappa shape index (κ1) is 14.9. The molecule has 0 heterocycles. The van der Waals surface area contributed by atoms with Crippen LogP contribution in [0.2, 0.25) is 0 Å². The van der Waals surface area contributed by atoms with Crippen molar-refractivity contribution >= 4 is 0 Å². The number of hydrogen-bond acceptors (Lipinski definition) is 2. The Morgan fingerprint density at radius 2 is 1.47 bits per heavy atom. The molecule has 0 aliphatic rings. The van der Waals surface area contributed by atoms with Gasteiger partial charge in [0.05, 0.1) is 12.7 Å². The van der Waals surface area contributed by atoms with Gasteiger partial charge in [-0.2, -0.15) is 0 Å². The molecule has 1 atom stereocenters. The van der Waals surface area contributed by atoms with E-state index in [0.717, 1.165) is 32.1 Å².